The lowest BCUT2D eigenvalue weighted by molar-refractivity contribution is -0.139. The standard InChI is InChI=1S/C9H21BN2O3/c1-10(15)11-8(9(13)14)6-4-5-7-12(2)3/h8,11,15H,4-7H2,1-3H3,(H,13,14)/t8-/m0/s1. The van der Waals surface area contributed by atoms with Crippen LogP contribution in [-0.4, -0.2) is 54.7 Å². The molecule has 0 saturated heterocycles. The average Bonchev–Trinajstić information content (AvgIpc) is 2.08. The number of nitrogens with zero attached hydrogens (tertiary/aromatic N) is 1. The second-order valence-electron chi connectivity index (χ2n) is 4.03. The number of hydrogen-bond donors (Lipinski definition) is 3. The van der Waals surface area contributed by atoms with E-state index in [-0.39, 0.29) is 0 Å². The Bertz CT molecular complexity index is 188. The normalized spacial score (nSPS) is 12.9. The number of aliphatic carboxylic acids is 1. The molecular formula is C9H21BN2O3. The van der Waals surface area contributed by atoms with Crippen molar-refractivity contribution in [1.29, 1.82) is 0 Å². The molecule has 0 radical (unpaired) electrons. The maximum Gasteiger partial charge on any atom is 0.374 e. The van der Waals surface area contributed by atoms with Gasteiger partial charge in [0.05, 0.1) is 6.04 Å². The van der Waals surface area contributed by atoms with Crippen LogP contribution in [-0.2, 0) is 4.79 Å². The largest absolute Gasteiger partial charge is 0.480 e. The van der Waals surface area contributed by atoms with Crippen LogP contribution in [0.2, 0.25) is 6.82 Å². The van der Waals surface area contributed by atoms with Gasteiger partial charge in [0.1, 0.15) is 0 Å². The third-order valence-electron chi connectivity index (χ3n) is 2.09. The summed E-state index contributed by atoms with van der Waals surface area (Å²) in [5.74, 6) is -0.902. The van der Waals surface area contributed by atoms with Crippen molar-refractivity contribution in [3.8, 4) is 0 Å². The fourth-order valence-electron chi connectivity index (χ4n) is 1.35. The number of unbranched alkanes of at least 4 members (excludes halogenated alkanes) is 1. The summed E-state index contributed by atoms with van der Waals surface area (Å²) in [6.07, 6.45) is 2.36. The summed E-state index contributed by atoms with van der Waals surface area (Å²) in [5.41, 5.74) is 0. The smallest absolute Gasteiger partial charge is 0.374 e. The van der Waals surface area contributed by atoms with Crippen LogP contribution < -0.4 is 5.23 Å². The maximum absolute atomic E-state index is 10.8. The number of carbonyl (C=O) groups is 1. The topological polar surface area (TPSA) is 72.8 Å². The minimum atomic E-state index is -0.902. The molecule has 0 aliphatic heterocycles. The lowest BCUT2D eigenvalue weighted by atomic mass is 9.86. The molecule has 3 N–H and O–H groups in total. The van der Waals surface area contributed by atoms with Crippen molar-refractivity contribution < 1.29 is 14.9 Å². The SMILES string of the molecule is CB(O)N[C@@H](CCCCN(C)C)C(=O)O. The van der Waals surface area contributed by atoms with E-state index >= 15 is 0 Å². The second kappa shape index (κ2) is 7.67. The molecule has 0 aromatic carbocycles. The number of hydrogen-bond acceptors (Lipinski definition) is 4. The van der Waals surface area contributed by atoms with Crippen LogP contribution in [0.1, 0.15) is 19.3 Å². The molecule has 0 heterocycles. The summed E-state index contributed by atoms with van der Waals surface area (Å²) in [6.45, 7) is 2.48. The van der Waals surface area contributed by atoms with E-state index in [4.69, 9.17) is 10.1 Å². The molecule has 0 aliphatic carbocycles. The minimum absolute atomic E-state index is 0.550. The Kier molecular flexibility index (Phi) is 7.37. The second-order valence-corrected chi connectivity index (χ2v) is 4.03. The van der Waals surface area contributed by atoms with Gasteiger partial charge < -0.3 is 20.3 Å². The Hall–Kier alpha value is -0.585. The van der Waals surface area contributed by atoms with Gasteiger partial charge in [-0.3, -0.25) is 4.79 Å². The molecule has 88 valence electrons. The predicted molar refractivity (Wildman–Crippen MR) is 60.8 cm³/mol. The molecule has 5 nitrogen and oxygen atoms in total. The highest BCUT2D eigenvalue weighted by Crippen LogP contribution is 2.02. The van der Waals surface area contributed by atoms with Crippen LogP contribution in [0.5, 0.6) is 0 Å². The van der Waals surface area contributed by atoms with Gasteiger partial charge in [-0.15, -0.1) is 0 Å². The molecule has 6 heteroatoms. The summed E-state index contributed by atoms with van der Waals surface area (Å²) in [5, 5.41) is 20.5. The molecular weight excluding hydrogens is 195 g/mol. The van der Waals surface area contributed by atoms with Crippen molar-refractivity contribution in [2.75, 3.05) is 20.6 Å². The highest BCUT2D eigenvalue weighted by molar-refractivity contribution is 6.45. The van der Waals surface area contributed by atoms with Gasteiger partial charge in [-0.1, -0.05) is 6.42 Å². The first kappa shape index (κ1) is 14.4. The zero-order valence-corrected chi connectivity index (χ0v) is 9.73. The summed E-state index contributed by atoms with van der Waals surface area (Å²) in [7, 11) is 3.20. The van der Waals surface area contributed by atoms with Gasteiger partial charge in [-0.05, 0) is 40.3 Å². The monoisotopic (exact) mass is 216 g/mol. The van der Waals surface area contributed by atoms with Crippen molar-refractivity contribution >= 4 is 13.0 Å². The average molecular weight is 216 g/mol. The highest BCUT2D eigenvalue weighted by Gasteiger charge is 2.19. The molecule has 1 atom stereocenters. The lowest BCUT2D eigenvalue weighted by Crippen LogP contribution is -2.44. The quantitative estimate of drug-likeness (QED) is 0.389. The van der Waals surface area contributed by atoms with Crippen LogP contribution in [0.15, 0.2) is 0 Å². The first-order chi connectivity index (χ1) is 6.93. The Morgan fingerprint density at radius 1 is 1.47 bits per heavy atom. The van der Waals surface area contributed by atoms with Gasteiger partial charge in [-0.25, -0.2) is 0 Å². The van der Waals surface area contributed by atoms with Gasteiger partial charge in [0, 0.05) is 0 Å². The van der Waals surface area contributed by atoms with Gasteiger partial charge in [-0.2, -0.15) is 0 Å². The molecule has 0 fully saturated rings. The third kappa shape index (κ3) is 8.41. The zero-order valence-electron chi connectivity index (χ0n) is 9.73. The van der Waals surface area contributed by atoms with Crippen molar-refractivity contribution in [2.45, 2.75) is 32.1 Å². The Balaban J connectivity index is 3.72. The molecule has 0 aromatic rings. The molecule has 15 heavy (non-hydrogen) atoms. The van der Waals surface area contributed by atoms with Crippen LogP contribution in [0.25, 0.3) is 0 Å². The van der Waals surface area contributed by atoms with E-state index in [1.807, 2.05) is 14.1 Å². The van der Waals surface area contributed by atoms with Gasteiger partial charge in [0.2, 0.25) is 0 Å². The van der Waals surface area contributed by atoms with Crippen molar-refractivity contribution in [2.24, 2.45) is 0 Å². The van der Waals surface area contributed by atoms with Crippen LogP contribution in [0.3, 0.4) is 0 Å². The molecule has 0 unspecified atom stereocenters. The van der Waals surface area contributed by atoms with Crippen LogP contribution in [0.4, 0.5) is 0 Å². The molecule has 0 rings (SSSR count). The number of nitrogens with one attached hydrogen (secondary N) is 1. The lowest BCUT2D eigenvalue weighted by Gasteiger charge is -2.15. The van der Waals surface area contributed by atoms with E-state index in [2.05, 4.69) is 10.1 Å². The number of carboxylic acids is 1. The molecule has 0 saturated carbocycles. The number of carboxylic acid groups (broad SMARTS) is 1. The van der Waals surface area contributed by atoms with Gasteiger partial charge >= 0.3 is 13.0 Å². The van der Waals surface area contributed by atoms with Gasteiger partial charge in [0.25, 0.3) is 0 Å². The first-order valence-electron chi connectivity index (χ1n) is 5.25. The van der Waals surface area contributed by atoms with E-state index in [1.54, 1.807) is 0 Å². The number of rotatable bonds is 8. The molecule has 0 aromatic heterocycles. The van der Waals surface area contributed by atoms with E-state index in [1.165, 1.54) is 6.82 Å². The van der Waals surface area contributed by atoms with Crippen LogP contribution >= 0.6 is 0 Å². The van der Waals surface area contributed by atoms with E-state index in [0.717, 1.165) is 19.4 Å². The fraction of sp³-hybridized carbons (Fsp3) is 0.889. The third-order valence-corrected chi connectivity index (χ3v) is 2.09. The molecule has 0 aliphatic rings. The Labute approximate surface area is 91.6 Å². The molecule has 0 amide bonds. The fourth-order valence-corrected chi connectivity index (χ4v) is 1.35. The van der Waals surface area contributed by atoms with E-state index < -0.39 is 19.1 Å². The molecule has 0 bridgehead atoms. The maximum atomic E-state index is 10.8. The summed E-state index contributed by atoms with van der Waals surface area (Å²) >= 11 is 0. The predicted octanol–water partition coefficient (Wildman–Crippen LogP) is -0.129. The van der Waals surface area contributed by atoms with E-state index in [9.17, 15) is 4.79 Å². The Morgan fingerprint density at radius 3 is 2.47 bits per heavy atom. The van der Waals surface area contributed by atoms with E-state index in [0.29, 0.717) is 6.42 Å². The Morgan fingerprint density at radius 2 is 2.07 bits per heavy atom. The molecule has 0 spiro atoms. The minimum Gasteiger partial charge on any atom is -0.480 e. The highest BCUT2D eigenvalue weighted by atomic mass is 16.4. The summed E-state index contributed by atoms with van der Waals surface area (Å²) in [6, 6.07) is -0.646. The van der Waals surface area contributed by atoms with Crippen molar-refractivity contribution in [1.82, 2.24) is 10.1 Å². The summed E-state index contributed by atoms with van der Waals surface area (Å²) < 4.78 is 0. The van der Waals surface area contributed by atoms with Crippen molar-refractivity contribution in [3.05, 3.63) is 0 Å². The van der Waals surface area contributed by atoms with Crippen molar-refractivity contribution in [3.63, 3.8) is 0 Å². The zero-order chi connectivity index (χ0) is 11.8. The first-order valence-corrected chi connectivity index (χ1v) is 5.25. The van der Waals surface area contributed by atoms with Crippen LogP contribution in [0, 0.1) is 0 Å². The van der Waals surface area contributed by atoms with Gasteiger partial charge in [0.15, 0.2) is 0 Å². The summed E-state index contributed by atoms with van der Waals surface area (Å²) in [4.78, 5) is 12.8.